The molecule has 0 aliphatic rings. The Morgan fingerprint density at radius 1 is 1.04 bits per heavy atom. The van der Waals surface area contributed by atoms with E-state index in [0.29, 0.717) is 30.1 Å². The van der Waals surface area contributed by atoms with Gasteiger partial charge in [0.05, 0.1) is 7.11 Å². The summed E-state index contributed by atoms with van der Waals surface area (Å²) in [5.41, 5.74) is 2.32. The first kappa shape index (κ1) is 18.8. The van der Waals surface area contributed by atoms with E-state index in [2.05, 4.69) is 31.9 Å². The Kier molecular flexibility index (Phi) is 6.82. The number of carbonyl (C=O) groups excluding carboxylic acids is 2. The van der Waals surface area contributed by atoms with Crippen molar-refractivity contribution in [2.75, 3.05) is 25.5 Å². The predicted molar refractivity (Wildman–Crippen MR) is 101 cm³/mol. The number of urea groups is 1. The highest BCUT2D eigenvalue weighted by Crippen LogP contribution is 2.20. The van der Waals surface area contributed by atoms with E-state index < -0.39 is 0 Å². The Hall–Kier alpha value is -2.54. The summed E-state index contributed by atoms with van der Waals surface area (Å²) in [6.07, 6.45) is 0. The van der Waals surface area contributed by atoms with Crippen LogP contribution in [-0.2, 0) is 0 Å². The quantitative estimate of drug-likeness (QED) is 0.644. The number of nitrogens with one attached hydrogen (secondary N) is 3. The number of benzene rings is 2. The standard InChI is InChI=1S/C18H20BrN3O3/c1-12-3-6-14(11-16(12)19)22-18(24)21-10-9-20-17(23)13-4-7-15(25-2)8-5-13/h3-8,11H,9-10H2,1-2H3,(H,20,23)(H2,21,22,24). The average molecular weight is 406 g/mol. The SMILES string of the molecule is COc1ccc(C(=O)NCCNC(=O)Nc2ccc(C)c(Br)c2)cc1. The fourth-order valence-electron chi connectivity index (χ4n) is 2.04. The van der Waals surface area contributed by atoms with Crippen LogP contribution >= 0.6 is 15.9 Å². The van der Waals surface area contributed by atoms with E-state index in [1.54, 1.807) is 31.4 Å². The highest BCUT2D eigenvalue weighted by Gasteiger charge is 2.06. The van der Waals surface area contributed by atoms with Crippen LogP contribution in [0.2, 0.25) is 0 Å². The molecule has 132 valence electrons. The zero-order chi connectivity index (χ0) is 18.2. The molecule has 0 radical (unpaired) electrons. The summed E-state index contributed by atoms with van der Waals surface area (Å²) >= 11 is 3.42. The zero-order valence-electron chi connectivity index (χ0n) is 14.1. The van der Waals surface area contributed by atoms with Crippen molar-refractivity contribution in [2.24, 2.45) is 0 Å². The van der Waals surface area contributed by atoms with Gasteiger partial charge in [0.1, 0.15) is 5.75 Å². The molecule has 0 aromatic heterocycles. The summed E-state index contributed by atoms with van der Waals surface area (Å²) in [4.78, 5) is 23.8. The normalized spacial score (nSPS) is 10.0. The molecule has 2 aromatic carbocycles. The minimum absolute atomic E-state index is 0.202. The van der Waals surface area contributed by atoms with Crippen molar-refractivity contribution in [3.8, 4) is 5.75 Å². The third-order valence-corrected chi connectivity index (χ3v) is 4.33. The van der Waals surface area contributed by atoms with Gasteiger partial charge in [0.15, 0.2) is 0 Å². The molecular formula is C18H20BrN3O3. The Morgan fingerprint density at radius 3 is 2.36 bits per heavy atom. The van der Waals surface area contributed by atoms with Gasteiger partial charge in [-0.15, -0.1) is 0 Å². The van der Waals surface area contributed by atoms with Gasteiger partial charge in [-0.1, -0.05) is 22.0 Å². The maximum absolute atomic E-state index is 12.0. The highest BCUT2D eigenvalue weighted by molar-refractivity contribution is 9.10. The van der Waals surface area contributed by atoms with Crippen molar-refractivity contribution >= 4 is 33.6 Å². The van der Waals surface area contributed by atoms with Crippen LogP contribution in [0.1, 0.15) is 15.9 Å². The molecule has 2 rings (SSSR count). The summed E-state index contributed by atoms with van der Waals surface area (Å²) < 4.78 is 5.98. The largest absolute Gasteiger partial charge is 0.497 e. The molecule has 0 aliphatic carbocycles. The lowest BCUT2D eigenvalue weighted by Gasteiger charge is -2.10. The molecule has 0 fully saturated rings. The van der Waals surface area contributed by atoms with Gasteiger partial charge >= 0.3 is 6.03 Å². The van der Waals surface area contributed by atoms with Crippen LogP contribution in [-0.4, -0.2) is 32.1 Å². The minimum atomic E-state index is -0.325. The first-order chi connectivity index (χ1) is 12.0. The van der Waals surface area contributed by atoms with Crippen LogP contribution < -0.4 is 20.7 Å². The maximum Gasteiger partial charge on any atom is 0.319 e. The summed E-state index contributed by atoms with van der Waals surface area (Å²) in [5.74, 6) is 0.491. The molecule has 25 heavy (non-hydrogen) atoms. The van der Waals surface area contributed by atoms with E-state index in [9.17, 15) is 9.59 Å². The Balaban J connectivity index is 1.71. The predicted octanol–water partition coefficient (Wildman–Crippen LogP) is 3.32. The highest BCUT2D eigenvalue weighted by atomic mass is 79.9. The average Bonchev–Trinajstić information content (AvgIpc) is 2.62. The van der Waals surface area contributed by atoms with Gasteiger partial charge in [0, 0.05) is 28.8 Å². The zero-order valence-corrected chi connectivity index (χ0v) is 15.6. The van der Waals surface area contributed by atoms with Crippen LogP contribution in [0.5, 0.6) is 5.75 Å². The van der Waals surface area contributed by atoms with Crippen LogP contribution in [0, 0.1) is 6.92 Å². The lowest BCUT2D eigenvalue weighted by molar-refractivity contribution is 0.0954. The van der Waals surface area contributed by atoms with Crippen LogP contribution in [0.25, 0.3) is 0 Å². The van der Waals surface area contributed by atoms with Crippen molar-refractivity contribution in [1.82, 2.24) is 10.6 Å². The minimum Gasteiger partial charge on any atom is -0.497 e. The first-order valence-corrected chi connectivity index (χ1v) is 8.52. The second-order valence-electron chi connectivity index (χ2n) is 5.33. The second-order valence-corrected chi connectivity index (χ2v) is 6.18. The fourth-order valence-corrected chi connectivity index (χ4v) is 2.42. The molecule has 0 unspecified atom stereocenters. The maximum atomic E-state index is 12.0. The number of methoxy groups -OCH3 is 1. The number of hydrogen-bond acceptors (Lipinski definition) is 3. The monoisotopic (exact) mass is 405 g/mol. The van der Waals surface area contributed by atoms with Crippen molar-refractivity contribution < 1.29 is 14.3 Å². The van der Waals surface area contributed by atoms with Gasteiger partial charge in [0.25, 0.3) is 5.91 Å². The lowest BCUT2D eigenvalue weighted by Crippen LogP contribution is -2.36. The van der Waals surface area contributed by atoms with Crippen molar-refractivity contribution in [3.63, 3.8) is 0 Å². The smallest absolute Gasteiger partial charge is 0.319 e. The van der Waals surface area contributed by atoms with E-state index >= 15 is 0 Å². The topological polar surface area (TPSA) is 79.5 Å². The van der Waals surface area contributed by atoms with Gasteiger partial charge < -0.3 is 20.7 Å². The molecule has 3 N–H and O–H groups in total. The van der Waals surface area contributed by atoms with E-state index in [1.807, 2.05) is 25.1 Å². The number of amides is 3. The van der Waals surface area contributed by atoms with Crippen LogP contribution in [0.15, 0.2) is 46.9 Å². The van der Waals surface area contributed by atoms with Gasteiger partial charge in [-0.3, -0.25) is 4.79 Å². The number of aryl methyl sites for hydroxylation is 1. The number of hydrogen-bond donors (Lipinski definition) is 3. The summed E-state index contributed by atoms with van der Waals surface area (Å²) in [6, 6.07) is 12.1. The van der Waals surface area contributed by atoms with E-state index in [-0.39, 0.29) is 11.9 Å². The van der Waals surface area contributed by atoms with E-state index in [1.165, 1.54) is 0 Å². The Bertz CT molecular complexity index is 748. The molecule has 0 atom stereocenters. The second kappa shape index (κ2) is 9.08. The number of carbonyl (C=O) groups is 2. The molecule has 0 saturated carbocycles. The lowest BCUT2D eigenvalue weighted by atomic mass is 10.2. The van der Waals surface area contributed by atoms with E-state index in [0.717, 1.165) is 10.0 Å². The molecule has 0 bridgehead atoms. The molecule has 0 saturated heterocycles. The Morgan fingerprint density at radius 2 is 1.72 bits per heavy atom. The first-order valence-electron chi connectivity index (χ1n) is 7.73. The molecule has 3 amide bonds. The Labute approximate surface area is 155 Å². The summed E-state index contributed by atoms with van der Waals surface area (Å²) in [7, 11) is 1.57. The van der Waals surface area contributed by atoms with Gasteiger partial charge in [-0.05, 0) is 48.9 Å². The van der Waals surface area contributed by atoms with Gasteiger partial charge in [0.2, 0.25) is 0 Å². The number of halogens is 1. The van der Waals surface area contributed by atoms with Crippen molar-refractivity contribution in [1.29, 1.82) is 0 Å². The molecule has 0 aliphatic heterocycles. The molecule has 0 spiro atoms. The number of ether oxygens (including phenoxy) is 1. The third-order valence-electron chi connectivity index (χ3n) is 3.48. The summed E-state index contributed by atoms with van der Waals surface area (Å²) in [5, 5.41) is 8.17. The molecule has 7 heteroatoms. The van der Waals surface area contributed by atoms with Gasteiger partial charge in [-0.25, -0.2) is 4.79 Å². The molecular weight excluding hydrogens is 386 g/mol. The van der Waals surface area contributed by atoms with Crippen molar-refractivity contribution in [2.45, 2.75) is 6.92 Å². The molecule has 0 heterocycles. The van der Waals surface area contributed by atoms with Gasteiger partial charge in [-0.2, -0.15) is 0 Å². The van der Waals surface area contributed by atoms with E-state index in [4.69, 9.17) is 4.74 Å². The van der Waals surface area contributed by atoms with Crippen LogP contribution in [0.3, 0.4) is 0 Å². The summed E-state index contributed by atoms with van der Waals surface area (Å²) in [6.45, 7) is 2.62. The molecule has 6 nitrogen and oxygen atoms in total. The molecule has 2 aromatic rings. The van der Waals surface area contributed by atoms with Crippen LogP contribution in [0.4, 0.5) is 10.5 Å². The number of rotatable bonds is 6. The van der Waals surface area contributed by atoms with Crippen molar-refractivity contribution in [3.05, 3.63) is 58.1 Å². The number of anilines is 1. The third kappa shape index (κ3) is 5.79. The fraction of sp³-hybridized carbons (Fsp3) is 0.222.